The van der Waals surface area contributed by atoms with Crippen LogP contribution in [0.4, 0.5) is 0 Å². The largest absolute Gasteiger partial charge is 0.455 e. The van der Waals surface area contributed by atoms with E-state index < -0.39 is 0 Å². The van der Waals surface area contributed by atoms with Crippen LogP contribution in [0.15, 0.2) is 205 Å². The minimum atomic E-state index is 0.541. The number of hydrogen-bond donors (Lipinski definition) is 0. The molecule has 0 unspecified atom stereocenters. The minimum Gasteiger partial charge on any atom is -0.455 e. The summed E-state index contributed by atoms with van der Waals surface area (Å²) in [6.45, 7) is 0. The smallest absolute Gasteiger partial charge is 0.167 e. The van der Waals surface area contributed by atoms with Gasteiger partial charge in [-0.15, -0.1) is 0 Å². The van der Waals surface area contributed by atoms with Gasteiger partial charge in [0, 0.05) is 43.7 Å². The molecule has 13 rings (SSSR count). The summed E-state index contributed by atoms with van der Waals surface area (Å²) < 4.78 is 11.6. The van der Waals surface area contributed by atoms with Crippen LogP contribution in [-0.4, -0.2) is 24.1 Å². The van der Waals surface area contributed by atoms with E-state index in [9.17, 15) is 0 Å². The Balaban J connectivity index is 1.07. The third-order valence-electron chi connectivity index (χ3n) is 12.1. The van der Waals surface area contributed by atoms with E-state index in [2.05, 4.69) is 167 Å². The lowest BCUT2D eigenvalue weighted by molar-refractivity contribution is 0.669. The molecule has 0 saturated carbocycles. The second kappa shape index (κ2) is 13.1. The molecule has 13 aromatic rings. The first-order valence-corrected chi connectivity index (χ1v) is 20.5. The highest BCUT2D eigenvalue weighted by atomic mass is 16.3. The van der Waals surface area contributed by atoms with Crippen molar-refractivity contribution in [3.05, 3.63) is 200 Å². The summed E-state index contributed by atoms with van der Waals surface area (Å²) in [5.74, 6) is 1.72. The molecular formula is C55H33N5O. The Morgan fingerprint density at radius 2 is 0.934 bits per heavy atom. The molecule has 0 bridgehead atoms. The fraction of sp³-hybridized carbons (Fsp3) is 0. The lowest BCUT2D eigenvalue weighted by atomic mass is 10.0. The number of aromatic nitrogens is 5. The lowest BCUT2D eigenvalue weighted by Crippen LogP contribution is -2.01. The van der Waals surface area contributed by atoms with Crippen molar-refractivity contribution in [3.8, 4) is 45.5 Å². The van der Waals surface area contributed by atoms with E-state index in [0.29, 0.717) is 17.5 Å². The Morgan fingerprint density at radius 3 is 1.70 bits per heavy atom. The summed E-state index contributed by atoms with van der Waals surface area (Å²) in [5, 5.41) is 9.14. The van der Waals surface area contributed by atoms with Gasteiger partial charge in [-0.25, -0.2) is 15.0 Å². The second-order valence-corrected chi connectivity index (χ2v) is 15.6. The third kappa shape index (κ3) is 5.12. The molecular weight excluding hydrogens is 747 g/mol. The first kappa shape index (κ1) is 33.6. The van der Waals surface area contributed by atoms with Gasteiger partial charge in [-0.1, -0.05) is 127 Å². The van der Waals surface area contributed by atoms with Crippen molar-refractivity contribution in [3.63, 3.8) is 0 Å². The van der Waals surface area contributed by atoms with Crippen molar-refractivity contribution in [1.82, 2.24) is 24.1 Å². The maximum atomic E-state index is 6.90. The Labute approximate surface area is 349 Å². The van der Waals surface area contributed by atoms with E-state index in [4.69, 9.17) is 19.4 Å². The molecule has 0 spiro atoms. The van der Waals surface area contributed by atoms with Gasteiger partial charge in [0.2, 0.25) is 0 Å². The molecule has 0 aliphatic rings. The average Bonchev–Trinajstić information content (AvgIpc) is 3.99. The SMILES string of the molecule is c1ccc(-c2nc(-c3ccc4c(c3)c3ccccc3n4-c3ccccc3)nc(-c3ccc(-n4c5ccccc5c5cc6ccccc6cc54)c4c3oc3ccccc34)n2)cc1. The number of nitrogens with zero attached hydrogens (tertiary/aromatic N) is 5. The van der Waals surface area contributed by atoms with Gasteiger partial charge in [0.15, 0.2) is 17.5 Å². The van der Waals surface area contributed by atoms with E-state index in [1.54, 1.807) is 0 Å². The predicted octanol–water partition coefficient (Wildman–Crippen LogP) is 14.1. The molecule has 4 aromatic heterocycles. The Morgan fingerprint density at radius 1 is 0.361 bits per heavy atom. The number of para-hydroxylation sites is 4. The van der Waals surface area contributed by atoms with Gasteiger partial charge in [-0.05, 0) is 83.6 Å². The maximum absolute atomic E-state index is 6.90. The number of rotatable bonds is 5. The normalized spacial score (nSPS) is 11.9. The molecule has 61 heavy (non-hydrogen) atoms. The molecule has 9 aromatic carbocycles. The summed E-state index contributed by atoms with van der Waals surface area (Å²) in [6.07, 6.45) is 0. The van der Waals surface area contributed by atoms with Crippen LogP contribution in [0.2, 0.25) is 0 Å². The first-order valence-electron chi connectivity index (χ1n) is 20.5. The predicted molar refractivity (Wildman–Crippen MR) is 250 cm³/mol. The zero-order valence-electron chi connectivity index (χ0n) is 32.7. The van der Waals surface area contributed by atoms with Crippen LogP contribution in [-0.2, 0) is 0 Å². The van der Waals surface area contributed by atoms with E-state index >= 15 is 0 Å². The van der Waals surface area contributed by atoms with Crippen molar-refractivity contribution < 1.29 is 4.42 Å². The van der Waals surface area contributed by atoms with Gasteiger partial charge < -0.3 is 13.6 Å². The van der Waals surface area contributed by atoms with E-state index in [0.717, 1.165) is 77.5 Å². The number of hydrogen-bond acceptors (Lipinski definition) is 4. The molecule has 0 aliphatic heterocycles. The molecule has 0 fully saturated rings. The van der Waals surface area contributed by atoms with Crippen LogP contribution in [0.3, 0.4) is 0 Å². The number of benzene rings is 9. The van der Waals surface area contributed by atoms with Gasteiger partial charge in [-0.3, -0.25) is 0 Å². The van der Waals surface area contributed by atoms with E-state index in [-0.39, 0.29) is 0 Å². The van der Waals surface area contributed by atoms with Crippen LogP contribution in [0, 0.1) is 0 Å². The highest BCUT2D eigenvalue weighted by Gasteiger charge is 2.23. The molecule has 4 heterocycles. The lowest BCUT2D eigenvalue weighted by Gasteiger charge is -2.13. The molecule has 0 radical (unpaired) electrons. The minimum absolute atomic E-state index is 0.541. The van der Waals surface area contributed by atoms with Crippen molar-refractivity contribution in [2.24, 2.45) is 0 Å². The molecule has 0 N–H and O–H groups in total. The van der Waals surface area contributed by atoms with Crippen LogP contribution in [0.25, 0.3) is 122 Å². The fourth-order valence-electron chi connectivity index (χ4n) is 9.40. The highest BCUT2D eigenvalue weighted by molar-refractivity contribution is 6.18. The van der Waals surface area contributed by atoms with Gasteiger partial charge in [0.25, 0.3) is 0 Å². The molecule has 0 saturated heterocycles. The van der Waals surface area contributed by atoms with Crippen molar-refractivity contribution in [1.29, 1.82) is 0 Å². The number of furan rings is 1. The quantitative estimate of drug-likeness (QED) is 0.175. The summed E-state index contributed by atoms with van der Waals surface area (Å²) in [6, 6.07) is 70.2. The molecule has 6 nitrogen and oxygen atoms in total. The second-order valence-electron chi connectivity index (χ2n) is 15.6. The van der Waals surface area contributed by atoms with E-state index in [1.165, 1.54) is 26.9 Å². The Kier molecular flexibility index (Phi) is 7.21. The summed E-state index contributed by atoms with van der Waals surface area (Å²) in [7, 11) is 0. The topological polar surface area (TPSA) is 61.7 Å². The van der Waals surface area contributed by atoms with Crippen molar-refractivity contribution >= 4 is 76.3 Å². The zero-order chi connectivity index (χ0) is 40.0. The van der Waals surface area contributed by atoms with Gasteiger partial charge in [0.05, 0.1) is 38.7 Å². The van der Waals surface area contributed by atoms with Crippen molar-refractivity contribution in [2.45, 2.75) is 0 Å². The van der Waals surface area contributed by atoms with Gasteiger partial charge >= 0.3 is 0 Å². The maximum Gasteiger partial charge on any atom is 0.167 e. The summed E-state index contributed by atoms with van der Waals surface area (Å²) >= 11 is 0. The zero-order valence-corrected chi connectivity index (χ0v) is 32.7. The average molecular weight is 780 g/mol. The first-order chi connectivity index (χ1) is 30.2. The Hall–Kier alpha value is -8.35. The standard InChI is InChI=1S/C55H33N5O/c1-3-15-34(16-4-1)53-56-54(37-27-29-47-43(32-37)39-21-9-12-24-45(39)59(47)38-19-5-2-6-20-38)58-55(57-53)42-28-30-48(51-41-23-11-14-26-50(41)61-52(42)51)60-46-25-13-10-22-40(46)44-31-35-17-7-8-18-36(35)33-49(44)60/h1-33H. The fourth-order valence-corrected chi connectivity index (χ4v) is 9.40. The van der Waals surface area contributed by atoms with Crippen molar-refractivity contribution in [2.75, 3.05) is 0 Å². The highest BCUT2D eigenvalue weighted by Crippen LogP contribution is 2.43. The summed E-state index contributed by atoms with van der Waals surface area (Å²) in [5.41, 5.74) is 10.8. The molecule has 0 aliphatic carbocycles. The molecule has 0 atom stereocenters. The van der Waals surface area contributed by atoms with Gasteiger partial charge in [0.1, 0.15) is 11.2 Å². The monoisotopic (exact) mass is 779 g/mol. The van der Waals surface area contributed by atoms with Crippen LogP contribution in [0.5, 0.6) is 0 Å². The molecule has 6 heteroatoms. The van der Waals surface area contributed by atoms with E-state index in [1.807, 2.05) is 42.5 Å². The van der Waals surface area contributed by atoms with Crippen LogP contribution < -0.4 is 0 Å². The Bertz CT molecular complexity index is 3880. The number of fused-ring (bicyclic) bond motifs is 10. The third-order valence-corrected chi connectivity index (χ3v) is 12.1. The molecule has 284 valence electrons. The van der Waals surface area contributed by atoms with Crippen LogP contribution in [0.1, 0.15) is 0 Å². The van der Waals surface area contributed by atoms with Crippen LogP contribution >= 0.6 is 0 Å². The van der Waals surface area contributed by atoms with Gasteiger partial charge in [-0.2, -0.15) is 0 Å². The molecule has 0 amide bonds. The summed E-state index contributed by atoms with van der Waals surface area (Å²) in [4.78, 5) is 15.7.